The summed E-state index contributed by atoms with van der Waals surface area (Å²) in [7, 11) is -3.55. The summed E-state index contributed by atoms with van der Waals surface area (Å²) < 4.78 is 33.7. The van der Waals surface area contributed by atoms with Crippen molar-refractivity contribution in [3.63, 3.8) is 0 Å². The molecule has 0 fully saturated rings. The molecule has 0 radical (unpaired) electrons. The molecule has 1 N–H and O–H groups in total. The Bertz CT molecular complexity index is 800. The van der Waals surface area contributed by atoms with Gasteiger partial charge in [-0.2, -0.15) is 11.3 Å². The van der Waals surface area contributed by atoms with Crippen molar-refractivity contribution >= 4 is 21.4 Å². The maximum Gasteiger partial charge on any atom is 0.240 e. The Hall–Kier alpha value is -1.41. The van der Waals surface area contributed by atoms with Gasteiger partial charge in [-0.05, 0) is 59.2 Å². The van der Waals surface area contributed by atoms with Crippen LogP contribution in [0.1, 0.15) is 31.0 Å². The van der Waals surface area contributed by atoms with E-state index in [9.17, 15) is 8.42 Å². The van der Waals surface area contributed by atoms with E-state index in [0.29, 0.717) is 18.0 Å². The van der Waals surface area contributed by atoms with Crippen LogP contribution in [-0.2, 0) is 16.4 Å². The molecule has 0 saturated carbocycles. The van der Waals surface area contributed by atoms with Crippen molar-refractivity contribution in [2.24, 2.45) is 0 Å². The van der Waals surface area contributed by atoms with Crippen molar-refractivity contribution in [3.05, 3.63) is 46.2 Å². The maximum absolute atomic E-state index is 12.7. The first-order valence-corrected chi connectivity index (χ1v) is 11.0. The molecule has 1 atom stereocenters. The van der Waals surface area contributed by atoms with Crippen molar-refractivity contribution in [2.75, 3.05) is 26.2 Å². The normalized spacial score (nSPS) is 15.2. The largest absolute Gasteiger partial charge is 0.493 e. The second-order valence-electron chi connectivity index (χ2n) is 6.01. The Balaban J connectivity index is 1.77. The molecule has 0 spiro atoms. The average Bonchev–Trinajstić information content (AvgIpc) is 3.29. The van der Waals surface area contributed by atoms with Gasteiger partial charge >= 0.3 is 0 Å². The molecule has 1 aliphatic rings. The minimum Gasteiger partial charge on any atom is -0.493 e. The SMILES string of the molecule is CCN(CC)C(CNS(=O)(=O)c1ccc2c(c1)CCO2)c1ccsc1. The van der Waals surface area contributed by atoms with Crippen molar-refractivity contribution in [1.82, 2.24) is 9.62 Å². The fourth-order valence-corrected chi connectivity index (χ4v) is 4.98. The molecule has 1 aromatic heterocycles. The van der Waals surface area contributed by atoms with E-state index in [1.807, 2.05) is 5.38 Å². The number of rotatable bonds is 8. The number of thiophene rings is 1. The summed E-state index contributed by atoms with van der Waals surface area (Å²) in [5.74, 6) is 0.790. The summed E-state index contributed by atoms with van der Waals surface area (Å²) in [5.41, 5.74) is 2.11. The Morgan fingerprint density at radius 2 is 2.08 bits per heavy atom. The highest BCUT2D eigenvalue weighted by molar-refractivity contribution is 7.89. The van der Waals surface area contributed by atoms with E-state index in [1.165, 1.54) is 0 Å². The Morgan fingerprint density at radius 1 is 1.28 bits per heavy atom. The van der Waals surface area contributed by atoms with Crippen LogP contribution in [0, 0.1) is 0 Å². The van der Waals surface area contributed by atoms with Crippen LogP contribution in [0.3, 0.4) is 0 Å². The number of hydrogen-bond donors (Lipinski definition) is 1. The lowest BCUT2D eigenvalue weighted by atomic mass is 10.1. The van der Waals surface area contributed by atoms with Crippen LogP contribution in [0.25, 0.3) is 0 Å². The smallest absolute Gasteiger partial charge is 0.240 e. The van der Waals surface area contributed by atoms with E-state index < -0.39 is 10.0 Å². The summed E-state index contributed by atoms with van der Waals surface area (Å²) in [5, 5.41) is 4.12. The van der Waals surface area contributed by atoms with Crippen LogP contribution >= 0.6 is 11.3 Å². The van der Waals surface area contributed by atoms with E-state index in [4.69, 9.17) is 4.74 Å². The molecule has 0 amide bonds. The molecule has 5 nitrogen and oxygen atoms in total. The predicted molar refractivity (Wildman–Crippen MR) is 101 cm³/mol. The molecular weight excluding hydrogens is 356 g/mol. The monoisotopic (exact) mass is 380 g/mol. The van der Waals surface area contributed by atoms with Gasteiger partial charge in [0.25, 0.3) is 0 Å². The van der Waals surface area contributed by atoms with E-state index in [-0.39, 0.29) is 6.04 Å². The lowest BCUT2D eigenvalue weighted by molar-refractivity contribution is 0.220. The molecule has 0 aliphatic carbocycles. The average molecular weight is 381 g/mol. The Morgan fingerprint density at radius 3 is 2.76 bits per heavy atom. The molecule has 2 heterocycles. The van der Waals surface area contributed by atoms with Crippen LogP contribution in [-0.4, -0.2) is 39.6 Å². The van der Waals surface area contributed by atoms with E-state index in [1.54, 1.807) is 29.5 Å². The summed E-state index contributed by atoms with van der Waals surface area (Å²) in [4.78, 5) is 2.57. The molecule has 7 heteroatoms. The highest BCUT2D eigenvalue weighted by Crippen LogP contribution is 2.28. The summed E-state index contributed by atoms with van der Waals surface area (Å²) in [6.07, 6.45) is 0.760. The molecule has 1 unspecified atom stereocenters. The molecule has 0 bridgehead atoms. The number of sulfonamides is 1. The number of ether oxygens (including phenoxy) is 1. The van der Waals surface area contributed by atoms with Crippen molar-refractivity contribution < 1.29 is 13.2 Å². The lowest BCUT2D eigenvalue weighted by Crippen LogP contribution is -2.37. The first kappa shape index (κ1) is 18.4. The minimum absolute atomic E-state index is 0.0359. The summed E-state index contributed by atoms with van der Waals surface area (Å²) in [6, 6.07) is 7.19. The third kappa shape index (κ3) is 4.06. The molecule has 3 rings (SSSR count). The van der Waals surface area contributed by atoms with Crippen LogP contribution in [0.5, 0.6) is 5.75 Å². The van der Waals surface area contributed by atoms with Crippen LogP contribution in [0.2, 0.25) is 0 Å². The zero-order valence-electron chi connectivity index (χ0n) is 14.6. The highest BCUT2D eigenvalue weighted by atomic mass is 32.2. The fourth-order valence-electron chi connectivity index (χ4n) is 3.19. The lowest BCUT2D eigenvalue weighted by Gasteiger charge is -2.29. The molecule has 2 aromatic rings. The van der Waals surface area contributed by atoms with Gasteiger partial charge in [-0.1, -0.05) is 13.8 Å². The van der Waals surface area contributed by atoms with Gasteiger partial charge in [-0.3, -0.25) is 4.90 Å². The van der Waals surface area contributed by atoms with E-state index in [0.717, 1.165) is 36.4 Å². The van der Waals surface area contributed by atoms with Crippen LogP contribution in [0.15, 0.2) is 39.9 Å². The molecule has 0 saturated heterocycles. The summed E-state index contributed by atoms with van der Waals surface area (Å²) >= 11 is 1.63. The van der Waals surface area contributed by atoms with Gasteiger partial charge < -0.3 is 4.74 Å². The standard InChI is InChI=1S/C18H24N2O3S2/c1-3-20(4-2)17(15-8-10-24-13-15)12-19-25(21,22)16-5-6-18-14(11-16)7-9-23-18/h5-6,8,10-11,13,17,19H,3-4,7,9,12H2,1-2H3. The van der Waals surface area contributed by atoms with Gasteiger partial charge in [-0.15, -0.1) is 0 Å². The number of nitrogens with zero attached hydrogens (tertiary/aromatic N) is 1. The van der Waals surface area contributed by atoms with Gasteiger partial charge in [0.1, 0.15) is 5.75 Å². The van der Waals surface area contributed by atoms with Crippen molar-refractivity contribution in [2.45, 2.75) is 31.2 Å². The van der Waals surface area contributed by atoms with E-state index in [2.05, 4.69) is 34.9 Å². The second kappa shape index (κ2) is 7.86. The number of likely N-dealkylation sites (N-methyl/N-ethyl adjacent to an activating group) is 1. The fraction of sp³-hybridized carbons (Fsp3) is 0.444. The summed E-state index contributed by atoms with van der Waals surface area (Å²) in [6.45, 7) is 6.91. The van der Waals surface area contributed by atoms with Crippen molar-refractivity contribution in [3.8, 4) is 5.75 Å². The third-order valence-electron chi connectivity index (χ3n) is 4.62. The van der Waals surface area contributed by atoms with Crippen molar-refractivity contribution in [1.29, 1.82) is 0 Å². The number of benzene rings is 1. The molecule has 136 valence electrons. The van der Waals surface area contributed by atoms with Gasteiger partial charge in [0.2, 0.25) is 10.0 Å². The van der Waals surface area contributed by atoms with Gasteiger partial charge in [0, 0.05) is 19.0 Å². The Kier molecular flexibility index (Phi) is 5.78. The first-order valence-electron chi connectivity index (χ1n) is 8.56. The number of hydrogen-bond acceptors (Lipinski definition) is 5. The molecule has 1 aliphatic heterocycles. The second-order valence-corrected chi connectivity index (χ2v) is 8.56. The maximum atomic E-state index is 12.7. The highest BCUT2D eigenvalue weighted by Gasteiger charge is 2.23. The van der Waals surface area contributed by atoms with Gasteiger partial charge in [0.05, 0.1) is 11.5 Å². The predicted octanol–water partition coefficient (Wildman–Crippen LogP) is 3.04. The zero-order valence-corrected chi connectivity index (χ0v) is 16.2. The van der Waals surface area contributed by atoms with Gasteiger partial charge in [-0.25, -0.2) is 13.1 Å². The molecule has 25 heavy (non-hydrogen) atoms. The Labute approximate surface area is 153 Å². The number of fused-ring (bicyclic) bond motifs is 1. The number of nitrogens with one attached hydrogen (secondary N) is 1. The van der Waals surface area contributed by atoms with Gasteiger partial charge in [0.15, 0.2) is 0 Å². The van der Waals surface area contributed by atoms with Crippen LogP contribution < -0.4 is 9.46 Å². The van der Waals surface area contributed by atoms with E-state index >= 15 is 0 Å². The minimum atomic E-state index is -3.55. The quantitative estimate of drug-likeness (QED) is 0.765. The first-order chi connectivity index (χ1) is 12.0. The van der Waals surface area contributed by atoms with Crippen LogP contribution in [0.4, 0.5) is 0 Å². The molecule has 1 aromatic carbocycles. The zero-order chi connectivity index (χ0) is 17.9. The topological polar surface area (TPSA) is 58.6 Å². The third-order valence-corrected chi connectivity index (χ3v) is 6.74. The molecular formula is C18H24N2O3S2.